The summed E-state index contributed by atoms with van der Waals surface area (Å²) in [5, 5.41) is 7.51. The van der Waals surface area contributed by atoms with Crippen molar-refractivity contribution < 1.29 is 4.79 Å². The highest BCUT2D eigenvalue weighted by atomic mass is 16.2. The molecular formula is C8H12N2O. The lowest BCUT2D eigenvalue weighted by Gasteiger charge is -2.03. The Hall–Kier alpha value is -1.30. The van der Waals surface area contributed by atoms with Gasteiger partial charge in [0.15, 0.2) is 0 Å². The highest BCUT2D eigenvalue weighted by Crippen LogP contribution is 2.04. The van der Waals surface area contributed by atoms with E-state index in [1.807, 2.05) is 7.05 Å². The Morgan fingerprint density at radius 1 is 1.82 bits per heavy atom. The maximum atomic E-state index is 10.5. The second-order valence-electron chi connectivity index (χ2n) is 2.25. The highest BCUT2D eigenvalue weighted by molar-refractivity contribution is 5.77. The van der Waals surface area contributed by atoms with Gasteiger partial charge in [-0.1, -0.05) is 6.58 Å². The van der Waals surface area contributed by atoms with Crippen LogP contribution in [0.2, 0.25) is 0 Å². The number of carbonyl (C=O) groups excluding carboxylic acids is 1. The minimum Gasteiger partial charge on any atom is -0.346 e. The lowest BCUT2D eigenvalue weighted by Crippen LogP contribution is -2.17. The molecule has 0 radical (unpaired) electrons. The number of likely N-dealkylation sites (tertiary alicyclic amines) is 1. The Balaban J connectivity index is 0.000000218. The number of hydrogen-bond donors (Lipinski definition) is 0. The van der Waals surface area contributed by atoms with Crippen LogP contribution in [0.3, 0.4) is 0 Å². The van der Waals surface area contributed by atoms with Crippen molar-refractivity contribution in [2.45, 2.75) is 12.8 Å². The number of carbonyl (C=O) groups is 1. The molecule has 1 rings (SSSR count). The molecule has 3 nitrogen and oxygen atoms in total. The standard InChI is InChI=1S/C5H9NO.C3H3N/c1-6-4-2-3-5(6)7;1-2-3-4/h2-4H2,1H3;2H,1H2. The molecule has 1 fully saturated rings. The van der Waals surface area contributed by atoms with E-state index >= 15 is 0 Å². The molecule has 1 amide bonds. The Labute approximate surface area is 66.9 Å². The molecule has 0 aliphatic carbocycles. The van der Waals surface area contributed by atoms with Crippen LogP contribution in [0.25, 0.3) is 0 Å². The first-order valence-corrected chi connectivity index (χ1v) is 3.47. The third kappa shape index (κ3) is 4.15. The molecule has 0 aromatic rings. The fourth-order valence-corrected chi connectivity index (χ4v) is 0.783. The molecule has 0 aromatic carbocycles. The molecule has 0 bridgehead atoms. The van der Waals surface area contributed by atoms with E-state index in [4.69, 9.17) is 5.26 Å². The summed E-state index contributed by atoms with van der Waals surface area (Å²) < 4.78 is 0. The van der Waals surface area contributed by atoms with Gasteiger partial charge in [0.1, 0.15) is 0 Å². The van der Waals surface area contributed by atoms with Crippen LogP contribution in [0.15, 0.2) is 12.7 Å². The van der Waals surface area contributed by atoms with Crippen LogP contribution in [-0.4, -0.2) is 24.4 Å². The molecule has 3 heteroatoms. The molecule has 0 atom stereocenters. The number of nitriles is 1. The van der Waals surface area contributed by atoms with E-state index in [0.717, 1.165) is 19.4 Å². The lowest BCUT2D eigenvalue weighted by atomic mass is 10.4. The zero-order valence-corrected chi connectivity index (χ0v) is 6.71. The summed E-state index contributed by atoms with van der Waals surface area (Å²) in [4.78, 5) is 12.3. The van der Waals surface area contributed by atoms with Gasteiger partial charge in [0.25, 0.3) is 0 Å². The minimum absolute atomic E-state index is 0.292. The molecule has 0 spiro atoms. The molecule has 1 heterocycles. The van der Waals surface area contributed by atoms with Gasteiger partial charge in [-0.3, -0.25) is 4.79 Å². The van der Waals surface area contributed by atoms with Crippen molar-refractivity contribution in [1.29, 1.82) is 5.26 Å². The van der Waals surface area contributed by atoms with E-state index in [0.29, 0.717) is 5.91 Å². The zero-order valence-electron chi connectivity index (χ0n) is 6.71. The molecule has 0 aromatic heterocycles. The van der Waals surface area contributed by atoms with Crippen LogP contribution in [0.4, 0.5) is 0 Å². The Morgan fingerprint density at radius 2 is 2.36 bits per heavy atom. The van der Waals surface area contributed by atoms with E-state index in [2.05, 4.69) is 6.58 Å². The predicted octanol–water partition coefficient (Wildman–Crippen LogP) is 0.935. The number of hydrogen-bond acceptors (Lipinski definition) is 2. The summed E-state index contributed by atoms with van der Waals surface area (Å²) in [5.41, 5.74) is 0. The van der Waals surface area contributed by atoms with Gasteiger partial charge in [-0.05, 0) is 6.42 Å². The fraction of sp³-hybridized carbons (Fsp3) is 0.500. The number of nitrogens with zero attached hydrogens (tertiary/aromatic N) is 2. The van der Waals surface area contributed by atoms with Crippen molar-refractivity contribution in [2.75, 3.05) is 13.6 Å². The largest absolute Gasteiger partial charge is 0.346 e. The Kier molecular flexibility index (Phi) is 4.83. The molecule has 1 aliphatic rings. The van der Waals surface area contributed by atoms with Gasteiger partial charge in [-0.25, -0.2) is 0 Å². The van der Waals surface area contributed by atoms with Crippen LogP contribution in [0.1, 0.15) is 12.8 Å². The van der Waals surface area contributed by atoms with Crippen molar-refractivity contribution >= 4 is 5.91 Å². The van der Waals surface area contributed by atoms with Crippen LogP contribution < -0.4 is 0 Å². The molecule has 0 unspecified atom stereocenters. The van der Waals surface area contributed by atoms with Crippen molar-refractivity contribution in [3.63, 3.8) is 0 Å². The van der Waals surface area contributed by atoms with Crippen molar-refractivity contribution in [3.8, 4) is 6.07 Å². The third-order valence-corrected chi connectivity index (χ3v) is 1.40. The van der Waals surface area contributed by atoms with Crippen molar-refractivity contribution in [2.24, 2.45) is 0 Å². The summed E-state index contributed by atoms with van der Waals surface area (Å²) in [7, 11) is 1.84. The second kappa shape index (κ2) is 5.48. The van der Waals surface area contributed by atoms with Gasteiger partial charge in [-0.15, -0.1) is 0 Å². The van der Waals surface area contributed by atoms with E-state index < -0.39 is 0 Å². The average molecular weight is 152 g/mol. The third-order valence-electron chi connectivity index (χ3n) is 1.40. The van der Waals surface area contributed by atoms with Gasteiger partial charge >= 0.3 is 0 Å². The Bertz CT molecular complexity index is 181. The quantitative estimate of drug-likeness (QED) is 0.485. The topological polar surface area (TPSA) is 44.1 Å². The van der Waals surface area contributed by atoms with Crippen LogP contribution >= 0.6 is 0 Å². The maximum absolute atomic E-state index is 10.5. The van der Waals surface area contributed by atoms with Gasteiger partial charge in [0, 0.05) is 26.1 Å². The monoisotopic (exact) mass is 152 g/mol. The number of allylic oxidation sites excluding steroid dienone is 1. The minimum atomic E-state index is 0.292. The second-order valence-corrected chi connectivity index (χ2v) is 2.25. The van der Waals surface area contributed by atoms with E-state index in [1.165, 1.54) is 6.08 Å². The van der Waals surface area contributed by atoms with Crippen molar-refractivity contribution in [3.05, 3.63) is 12.7 Å². The molecule has 1 aliphatic heterocycles. The molecular weight excluding hydrogens is 140 g/mol. The number of rotatable bonds is 0. The summed E-state index contributed by atoms with van der Waals surface area (Å²) in [6, 6.07) is 1.69. The molecule has 11 heavy (non-hydrogen) atoms. The molecule has 0 saturated carbocycles. The zero-order chi connectivity index (χ0) is 8.69. The van der Waals surface area contributed by atoms with Crippen LogP contribution in [0, 0.1) is 11.3 Å². The average Bonchev–Trinajstić information content (AvgIpc) is 2.37. The van der Waals surface area contributed by atoms with Gasteiger partial charge in [0.05, 0.1) is 6.07 Å². The van der Waals surface area contributed by atoms with E-state index in [-0.39, 0.29) is 0 Å². The first kappa shape index (κ1) is 9.70. The van der Waals surface area contributed by atoms with Gasteiger partial charge in [0.2, 0.25) is 5.91 Å². The summed E-state index contributed by atoms with van der Waals surface area (Å²) in [6.07, 6.45) is 2.99. The SMILES string of the molecule is C=CC#N.CN1CCCC1=O. The molecule has 60 valence electrons. The smallest absolute Gasteiger partial charge is 0.222 e. The normalized spacial score (nSPS) is 14.9. The van der Waals surface area contributed by atoms with E-state index in [9.17, 15) is 4.79 Å². The lowest BCUT2D eigenvalue weighted by molar-refractivity contribution is -0.126. The van der Waals surface area contributed by atoms with Gasteiger partial charge < -0.3 is 4.90 Å². The molecule has 0 N–H and O–H groups in total. The summed E-state index contributed by atoms with van der Waals surface area (Å²) in [6.45, 7) is 4.08. The maximum Gasteiger partial charge on any atom is 0.222 e. The first-order chi connectivity index (χ1) is 5.22. The van der Waals surface area contributed by atoms with Gasteiger partial charge in [-0.2, -0.15) is 5.26 Å². The summed E-state index contributed by atoms with van der Waals surface area (Å²) >= 11 is 0. The first-order valence-electron chi connectivity index (χ1n) is 3.47. The fourth-order valence-electron chi connectivity index (χ4n) is 0.783. The van der Waals surface area contributed by atoms with E-state index in [1.54, 1.807) is 11.0 Å². The molecule has 1 saturated heterocycles. The Morgan fingerprint density at radius 3 is 2.45 bits per heavy atom. The number of amides is 1. The van der Waals surface area contributed by atoms with Crippen LogP contribution in [-0.2, 0) is 4.79 Å². The predicted molar refractivity (Wildman–Crippen MR) is 42.7 cm³/mol. The highest BCUT2D eigenvalue weighted by Gasteiger charge is 2.14. The summed E-state index contributed by atoms with van der Waals surface area (Å²) in [5.74, 6) is 0.292. The van der Waals surface area contributed by atoms with Crippen LogP contribution in [0.5, 0.6) is 0 Å². The van der Waals surface area contributed by atoms with Crippen molar-refractivity contribution in [1.82, 2.24) is 4.90 Å².